The van der Waals surface area contributed by atoms with Crippen LogP contribution >= 0.6 is 0 Å². The molecule has 16 N–H and O–H groups in total. The number of carbonyl (C=O) groups excluding carboxylic acids is 8. The van der Waals surface area contributed by atoms with Gasteiger partial charge in [-0.3, -0.25) is 38.4 Å². The number of hydrogen-bond donors (Lipinski definition) is 16. The minimum atomic E-state index is -0.685. The van der Waals surface area contributed by atoms with Crippen LogP contribution in [0.25, 0.3) is 0 Å². The van der Waals surface area contributed by atoms with Crippen molar-refractivity contribution in [2.75, 3.05) is 263 Å². The zero-order valence-electron chi connectivity index (χ0n) is 81.1. The van der Waals surface area contributed by atoms with Crippen molar-refractivity contribution in [1.82, 2.24) is 39.2 Å². The zero-order chi connectivity index (χ0) is 104. The van der Waals surface area contributed by atoms with Crippen LogP contribution in [0.3, 0.4) is 0 Å². The number of benzene rings is 8. The van der Waals surface area contributed by atoms with Gasteiger partial charge in [0.1, 0.15) is 46.0 Å². The standard InChI is InChI=1S/C104H136N8O32/c113-41-25-105(26-42-114)89(129)65-137-97-73-9-1-10-74(97)58-76-12-3-14-78(99(76)139-67-91(131)107(29-45-117)30-46-118)60-80-16-5-18-82(101(80)141-69-93(133)109(33-49-121)34-50-122)62-84-20-7-22-86(103(84)143-71-95(135)111(37-53-125)38-54-126)64-88-24-8-23-87(104(88)144-72-96(136)112(39-55-127)40-56-128)63-85-21-6-19-83(102(85)142-70-94(134)110(35-51-123)36-52-124)61-81-17-4-15-79(100(81)140-68-92(132)108(31-47-119)32-48-120)59-77-13-2-11-75(57-73)98(77)138-66-90(130)106(27-43-115)28-44-116/h1-24,113-128H,25-72H2. The van der Waals surface area contributed by atoms with Crippen LogP contribution in [0.1, 0.15) is 89.0 Å². The fourth-order valence-electron chi connectivity index (χ4n) is 17.1. The van der Waals surface area contributed by atoms with Crippen molar-refractivity contribution in [2.24, 2.45) is 0 Å². The van der Waals surface area contributed by atoms with E-state index < -0.39 is 206 Å². The molecular weight excluding hydrogens is 1870 g/mol. The molecule has 40 nitrogen and oxygen atoms in total. The first-order chi connectivity index (χ1) is 70.1. The fraction of sp³-hybridized carbons (Fsp3) is 0.462. The summed E-state index contributed by atoms with van der Waals surface area (Å²) in [4.78, 5) is 126. The molecule has 0 fully saturated rings. The van der Waals surface area contributed by atoms with Crippen LogP contribution in [-0.2, 0) is 89.7 Å². The molecule has 0 saturated heterocycles. The molecule has 144 heavy (non-hydrogen) atoms. The van der Waals surface area contributed by atoms with Crippen LogP contribution < -0.4 is 37.9 Å². The van der Waals surface area contributed by atoms with E-state index in [2.05, 4.69) is 0 Å². The highest BCUT2D eigenvalue weighted by Gasteiger charge is 2.31. The quantitative estimate of drug-likeness (QED) is 0.0201. The van der Waals surface area contributed by atoms with Gasteiger partial charge in [-0.05, 0) is 89.0 Å². The summed E-state index contributed by atoms with van der Waals surface area (Å²) in [7, 11) is 0. The van der Waals surface area contributed by atoms with Gasteiger partial charge in [-0.1, -0.05) is 146 Å². The molecule has 0 atom stereocenters. The molecule has 8 aromatic carbocycles. The highest BCUT2D eigenvalue weighted by Crippen LogP contribution is 2.43. The molecule has 0 radical (unpaired) electrons. The number of rotatable bonds is 56. The number of amides is 8. The molecule has 784 valence electrons. The lowest BCUT2D eigenvalue weighted by molar-refractivity contribution is -0.135. The Morgan fingerprint density at radius 2 is 0.229 bits per heavy atom. The van der Waals surface area contributed by atoms with Crippen molar-refractivity contribution in [1.29, 1.82) is 0 Å². The molecule has 0 unspecified atom stereocenters. The Labute approximate surface area is 835 Å². The van der Waals surface area contributed by atoms with Crippen molar-refractivity contribution in [3.05, 3.63) is 235 Å². The maximum absolute atomic E-state index is 14.5. The van der Waals surface area contributed by atoms with Gasteiger partial charge in [0, 0.05) is 156 Å². The van der Waals surface area contributed by atoms with E-state index in [0.29, 0.717) is 89.0 Å². The molecule has 8 aromatic rings. The molecule has 16 bridgehead atoms. The Balaban J connectivity index is 1.41. The summed E-state index contributed by atoms with van der Waals surface area (Å²) in [6, 6.07) is 41.4. The van der Waals surface area contributed by atoms with E-state index in [1.807, 2.05) is 0 Å². The Kier molecular flexibility index (Phi) is 49.5. The van der Waals surface area contributed by atoms with Crippen LogP contribution in [-0.4, -0.2) is 431 Å². The Morgan fingerprint density at radius 3 is 0.299 bits per heavy atom. The van der Waals surface area contributed by atoms with E-state index in [1.54, 1.807) is 146 Å². The third-order valence-corrected chi connectivity index (χ3v) is 23.9. The molecule has 0 spiro atoms. The number of aliphatic hydroxyl groups is 16. The van der Waals surface area contributed by atoms with Gasteiger partial charge < -0.3 is 159 Å². The third kappa shape index (κ3) is 33.7. The van der Waals surface area contributed by atoms with Crippen molar-refractivity contribution in [3.8, 4) is 46.0 Å². The molecule has 8 amide bonds. The maximum atomic E-state index is 14.5. The lowest BCUT2D eigenvalue weighted by Crippen LogP contribution is -2.39. The van der Waals surface area contributed by atoms with Gasteiger partial charge in [0.25, 0.3) is 47.3 Å². The Morgan fingerprint density at radius 1 is 0.153 bits per heavy atom. The number of ether oxygens (including phenoxy) is 8. The Hall–Kier alpha value is -12.7. The van der Waals surface area contributed by atoms with Crippen LogP contribution in [0.15, 0.2) is 146 Å². The van der Waals surface area contributed by atoms with Gasteiger partial charge in [-0.2, -0.15) is 0 Å². The van der Waals surface area contributed by atoms with E-state index >= 15 is 0 Å². The molecule has 0 aromatic heterocycles. The second-order valence-corrected chi connectivity index (χ2v) is 33.6. The first-order valence-corrected chi connectivity index (χ1v) is 47.9. The van der Waals surface area contributed by atoms with Gasteiger partial charge in [0.2, 0.25) is 0 Å². The van der Waals surface area contributed by atoms with Crippen LogP contribution in [0.2, 0.25) is 0 Å². The summed E-state index contributed by atoms with van der Waals surface area (Å²) >= 11 is 0. The predicted octanol–water partition coefficient (Wildman–Crippen LogP) is -1.74. The summed E-state index contributed by atoms with van der Waals surface area (Å²) in [5.74, 6) is -4.34. The Bertz CT molecular complexity index is 4230. The average molecular weight is 2010 g/mol. The number of fused-ring (bicyclic) bond motifs is 16. The largest absolute Gasteiger partial charge is 0.483 e. The molecule has 1 aliphatic carbocycles. The van der Waals surface area contributed by atoms with Gasteiger partial charge in [-0.15, -0.1) is 0 Å². The topological polar surface area (TPSA) is 560 Å². The van der Waals surface area contributed by atoms with E-state index in [1.165, 1.54) is 39.2 Å². The number of aliphatic hydroxyl groups excluding tert-OH is 16. The van der Waals surface area contributed by atoms with E-state index in [4.69, 9.17) is 37.9 Å². The van der Waals surface area contributed by atoms with Crippen molar-refractivity contribution >= 4 is 47.3 Å². The SMILES string of the molecule is O=C(COc1c2cccc1Cc1cccc(c1OCC(=O)N(CCO)CCO)Cc1cccc(c1OCC(=O)N(CCO)CCO)Cc1cccc(c1OCC(=O)N(CCO)CCO)Cc1cccc(c1OCC(=O)N(CCO)CCO)Cc1cccc(c1OCC(=O)N(CCO)CCO)Cc1cccc(c1OCC(=O)N(CCO)CCO)Cc1cccc(c1OCC(=O)N(CCO)CCO)C2)N(CCO)CCO. The summed E-state index contributed by atoms with van der Waals surface area (Å²) in [6.45, 7) is -16.3. The zero-order valence-corrected chi connectivity index (χ0v) is 81.1. The van der Waals surface area contributed by atoms with Gasteiger partial charge >= 0.3 is 0 Å². The minimum Gasteiger partial charge on any atom is -0.483 e. The van der Waals surface area contributed by atoms with Gasteiger partial charge in [-0.25, -0.2) is 0 Å². The van der Waals surface area contributed by atoms with Crippen LogP contribution in [0, 0.1) is 0 Å². The summed E-state index contributed by atoms with van der Waals surface area (Å²) < 4.78 is 54.3. The molecule has 0 heterocycles. The molecule has 40 heteroatoms. The molecule has 9 rings (SSSR count). The summed E-state index contributed by atoms with van der Waals surface area (Å²) in [5.41, 5.74) is 6.20. The first kappa shape index (κ1) is 115. The smallest absolute Gasteiger partial charge is 0.260 e. The highest BCUT2D eigenvalue weighted by atomic mass is 16.5. The van der Waals surface area contributed by atoms with Gasteiger partial charge in [0.05, 0.1) is 106 Å². The predicted molar refractivity (Wildman–Crippen MR) is 524 cm³/mol. The van der Waals surface area contributed by atoms with E-state index in [0.717, 1.165) is 0 Å². The van der Waals surface area contributed by atoms with Crippen molar-refractivity contribution < 1.29 is 158 Å². The van der Waals surface area contributed by atoms with Crippen LogP contribution in [0.5, 0.6) is 46.0 Å². The molecule has 0 saturated carbocycles. The fourth-order valence-corrected chi connectivity index (χ4v) is 17.1. The normalized spacial score (nSPS) is 11.9. The highest BCUT2D eigenvalue weighted by molar-refractivity contribution is 5.82. The minimum absolute atomic E-state index is 0.108. The first-order valence-electron chi connectivity index (χ1n) is 47.9. The summed E-state index contributed by atoms with van der Waals surface area (Å²) in [5, 5.41) is 164. The molecular formula is C104H136N8O32. The van der Waals surface area contributed by atoms with E-state index in [9.17, 15) is 120 Å². The van der Waals surface area contributed by atoms with Crippen LogP contribution in [0.4, 0.5) is 0 Å². The van der Waals surface area contributed by atoms with E-state index in [-0.39, 0.29) is 202 Å². The molecule has 1 aliphatic rings. The lowest BCUT2D eigenvalue weighted by Gasteiger charge is -2.25. The number of nitrogens with zero attached hydrogens (tertiary/aromatic N) is 8. The maximum Gasteiger partial charge on any atom is 0.260 e. The molecule has 0 aliphatic heterocycles. The lowest BCUT2D eigenvalue weighted by atomic mass is 9.91. The average Bonchev–Trinajstić information content (AvgIpc) is 0.781. The van der Waals surface area contributed by atoms with Crippen molar-refractivity contribution in [3.63, 3.8) is 0 Å². The summed E-state index contributed by atoms with van der Waals surface area (Å²) in [6.07, 6.45) is -1.09. The number of carbonyl (C=O) groups is 8. The monoisotopic (exact) mass is 2010 g/mol. The third-order valence-electron chi connectivity index (χ3n) is 23.9. The van der Waals surface area contributed by atoms with Gasteiger partial charge in [0.15, 0.2) is 52.9 Å². The second-order valence-electron chi connectivity index (χ2n) is 33.6. The number of hydrogen-bond acceptors (Lipinski definition) is 32. The van der Waals surface area contributed by atoms with Crippen molar-refractivity contribution in [2.45, 2.75) is 51.4 Å². The second kappa shape index (κ2) is 62.1. The number of para-hydroxylation sites is 8.